The first-order valence-electron chi connectivity index (χ1n) is 12.2. The van der Waals surface area contributed by atoms with E-state index in [1.165, 1.54) is 6.42 Å². The van der Waals surface area contributed by atoms with Crippen LogP contribution in [0.1, 0.15) is 44.9 Å². The molecule has 0 amide bonds. The average Bonchev–Trinajstić information content (AvgIpc) is 3.15. The van der Waals surface area contributed by atoms with Crippen molar-refractivity contribution in [2.45, 2.75) is 40.0 Å². The zero-order valence-electron chi connectivity index (χ0n) is 20.6. The second kappa shape index (κ2) is 10.9. The van der Waals surface area contributed by atoms with Crippen molar-refractivity contribution in [3.8, 4) is 17.1 Å². The fourth-order valence-electron chi connectivity index (χ4n) is 4.58. The van der Waals surface area contributed by atoms with Gasteiger partial charge in [0.1, 0.15) is 32.2 Å². The zero-order valence-corrected chi connectivity index (χ0v) is 22.2. The molecule has 3 heterocycles. The molecule has 4 rings (SSSR count). The Balaban J connectivity index is 1.72. The lowest BCUT2D eigenvalue weighted by Gasteiger charge is -2.36. The molecule has 1 saturated heterocycles. The van der Waals surface area contributed by atoms with Crippen LogP contribution < -0.4 is 4.74 Å². The van der Waals surface area contributed by atoms with E-state index in [0.717, 1.165) is 84.2 Å². The van der Waals surface area contributed by atoms with Crippen LogP contribution in [0.5, 0.6) is 5.75 Å². The number of benzene rings is 1. The Bertz CT molecular complexity index is 1230. The number of rotatable bonds is 8. The summed E-state index contributed by atoms with van der Waals surface area (Å²) in [5.41, 5.74) is 4.54. The topological polar surface area (TPSA) is 62.2 Å². The van der Waals surface area contributed by atoms with Gasteiger partial charge in [0.25, 0.3) is 0 Å². The first kappa shape index (κ1) is 24.8. The Labute approximate surface area is 212 Å². The maximum Gasteiger partial charge on any atom is 0.142 e. The summed E-state index contributed by atoms with van der Waals surface area (Å²) >= 11 is 11.6. The van der Waals surface area contributed by atoms with E-state index in [1.807, 2.05) is 24.7 Å². The highest BCUT2D eigenvalue weighted by Gasteiger charge is 2.21. The molecule has 0 radical (unpaired) electrons. The molecule has 0 saturated carbocycles. The van der Waals surface area contributed by atoms with Crippen LogP contribution in [0.2, 0.25) is 0 Å². The smallest absolute Gasteiger partial charge is 0.142 e. The summed E-state index contributed by atoms with van der Waals surface area (Å²) in [7, 11) is 1.91. The van der Waals surface area contributed by atoms with Crippen molar-refractivity contribution in [3.05, 3.63) is 34.1 Å². The number of thiocarbonyl (C=S) groups is 1. The van der Waals surface area contributed by atoms with E-state index >= 15 is 0 Å². The monoisotopic (exact) mass is 498 g/mol. The summed E-state index contributed by atoms with van der Waals surface area (Å²) in [6, 6.07) is 6.13. The van der Waals surface area contributed by atoms with Crippen LogP contribution in [0.25, 0.3) is 22.4 Å². The summed E-state index contributed by atoms with van der Waals surface area (Å²) in [4.78, 5) is 14.0. The Hall–Kier alpha value is -2.36. The number of aromatic nitrogens is 4. The van der Waals surface area contributed by atoms with Crippen molar-refractivity contribution in [3.63, 3.8) is 0 Å². The van der Waals surface area contributed by atoms with Crippen LogP contribution in [0.15, 0.2) is 18.2 Å². The predicted octanol–water partition coefficient (Wildman–Crippen LogP) is 4.75. The lowest BCUT2D eigenvalue weighted by atomic mass is 10.1. The SMILES string of the molecule is CCCc1nn(C)c2c(=S)[nH]c(-c3cc(C(=S)N4CCN(CCC)CC4)ccc3OCC)nc12. The van der Waals surface area contributed by atoms with Crippen molar-refractivity contribution in [1.82, 2.24) is 29.5 Å². The third-order valence-corrected chi connectivity index (χ3v) is 7.02. The Morgan fingerprint density at radius 1 is 1.12 bits per heavy atom. The Kier molecular flexibility index (Phi) is 7.95. The van der Waals surface area contributed by atoms with E-state index in [1.54, 1.807) is 0 Å². The summed E-state index contributed by atoms with van der Waals surface area (Å²) in [6.45, 7) is 12.1. The minimum Gasteiger partial charge on any atom is -0.493 e. The molecule has 0 spiro atoms. The third kappa shape index (κ3) is 5.01. The molecule has 0 aliphatic carbocycles. The van der Waals surface area contributed by atoms with Crippen molar-refractivity contribution < 1.29 is 4.74 Å². The summed E-state index contributed by atoms with van der Waals surface area (Å²) in [5.74, 6) is 1.45. The van der Waals surface area contributed by atoms with Gasteiger partial charge >= 0.3 is 0 Å². The van der Waals surface area contributed by atoms with Gasteiger partial charge < -0.3 is 14.6 Å². The Morgan fingerprint density at radius 2 is 1.88 bits per heavy atom. The van der Waals surface area contributed by atoms with Gasteiger partial charge in [0.05, 0.1) is 17.9 Å². The molecule has 1 aromatic carbocycles. The van der Waals surface area contributed by atoms with E-state index < -0.39 is 0 Å². The van der Waals surface area contributed by atoms with Crippen LogP contribution >= 0.6 is 24.4 Å². The quantitative estimate of drug-likeness (QED) is 0.450. The molecule has 1 aliphatic heterocycles. The van der Waals surface area contributed by atoms with Gasteiger partial charge in [-0.15, -0.1) is 0 Å². The molecule has 1 aliphatic rings. The lowest BCUT2D eigenvalue weighted by molar-refractivity contribution is 0.184. The van der Waals surface area contributed by atoms with Crippen molar-refractivity contribution in [1.29, 1.82) is 0 Å². The molecule has 1 N–H and O–H groups in total. The number of hydrogen-bond acceptors (Lipinski definition) is 6. The standard InChI is InChI=1S/C25H34N6OS2/c1-5-8-19-21-22(29(4)28-19)24(33)27-23(26-21)18-16-17(9-10-20(18)32-7-3)25(34)31-14-12-30(11-6-2)13-15-31/h9-10,16H,5-8,11-15H2,1-4H3,(H,26,27,33). The van der Waals surface area contributed by atoms with Gasteiger partial charge in [-0.25, -0.2) is 4.98 Å². The molecular formula is C25H34N6OS2. The molecule has 9 heteroatoms. The number of nitrogens with one attached hydrogen (secondary N) is 1. The van der Waals surface area contributed by atoms with E-state index in [-0.39, 0.29) is 0 Å². The fraction of sp³-hybridized carbons (Fsp3) is 0.520. The first-order chi connectivity index (χ1) is 16.5. The molecule has 182 valence electrons. The van der Waals surface area contributed by atoms with Gasteiger partial charge in [0, 0.05) is 38.8 Å². The summed E-state index contributed by atoms with van der Waals surface area (Å²) in [5, 5.41) is 4.66. The second-order valence-electron chi connectivity index (χ2n) is 8.71. The number of H-pyrrole nitrogens is 1. The highest BCUT2D eigenvalue weighted by Crippen LogP contribution is 2.31. The summed E-state index contributed by atoms with van der Waals surface area (Å²) in [6.07, 6.45) is 3.03. The van der Waals surface area contributed by atoms with E-state index in [9.17, 15) is 0 Å². The van der Waals surface area contributed by atoms with Gasteiger partial charge in [0.2, 0.25) is 0 Å². The average molecular weight is 499 g/mol. The maximum absolute atomic E-state index is 5.97. The predicted molar refractivity (Wildman–Crippen MR) is 144 cm³/mol. The number of aromatic amines is 1. The third-order valence-electron chi connectivity index (χ3n) is 6.23. The van der Waals surface area contributed by atoms with Gasteiger partial charge in [-0.3, -0.25) is 9.58 Å². The summed E-state index contributed by atoms with van der Waals surface area (Å²) < 4.78 is 8.42. The van der Waals surface area contributed by atoms with Gasteiger partial charge in [-0.1, -0.05) is 44.7 Å². The number of hydrogen-bond donors (Lipinski definition) is 1. The molecule has 3 aromatic rings. The molecule has 1 fully saturated rings. The molecule has 0 unspecified atom stereocenters. The van der Waals surface area contributed by atoms with Crippen LogP contribution in [0.3, 0.4) is 0 Å². The number of piperazine rings is 1. The van der Waals surface area contributed by atoms with E-state index in [0.29, 0.717) is 17.1 Å². The van der Waals surface area contributed by atoms with Crippen molar-refractivity contribution >= 4 is 40.5 Å². The van der Waals surface area contributed by atoms with Gasteiger partial charge in [0.15, 0.2) is 0 Å². The van der Waals surface area contributed by atoms with Crippen LogP contribution in [-0.2, 0) is 13.5 Å². The normalized spacial score (nSPS) is 14.6. The van der Waals surface area contributed by atoms with Crippen molar-refractivity contribution in [2.75, 3.05) is 39.3 Å². The first-order valence-corrected chi connectivity index (χ1v) is 13.0. The van der Waals surface area contributed by atoms with E-state index in [2.05, 4.69) is 45.9 Å². The van der Waals surface area contributed by atoms with Crippen molar-refractivity contribution in [2.24, 2.45) is 7.05 Å². The van der Waals surface area contributed by atoms with E-state index in [4.69, 9.17) is 34.2 Å². The van der Waals surface area contributed by atoms with Crippen LogP contribution in [0.4, 0.5) is 0 Å². The minimum atomic E-state index is 0.563. The fourth-order valence-corrected chi connectivity index (χ4v) is 5.22. The minimum absolute atomic E-state index is 0.563. The number of ether oxygens (including phenoxy) is 1. The molecule has 0 atom stereocenters. The maximum atomic E-state index is 5.97. The van der Waals surface area contributed by atoms with Gasteiger partial charge in [-0.2, -0.15) is 5.10 Å². The largest absolute Gasteiger partial charge is 0.493 e. The lowest BCUT2D eigenvalue weighted by Crippen LogP contribution is -2.48. The zero-order chi connectivity index (χ0) is 24.2. The van der Waals surface area contributed by atoms with Crippen LogP contribution in [0, 0.1) is 4.64 Å². The highest BCUT2D eigenvalue weighted by atomic mass is 32.1. The highest BCUT2D eigenvalue weighted by molar-refractivity contribution is 7.80. The van der Waals surface area contributed by atoms with Crippen LogP contribution in [-0.4, -0.2) is 73.9 Å². The molecule has 0 bridgehead atoms. The second-order valence-corrected chi connectivity index (χ2v) is 9.50. The molecule has 2 aromatic heterocycles. The molecule has 7 nitrogen and oxygen atoms in total. The van der Waals surface area contributed by atoms with Gasteiger partial charge in [-0.05, 0) is 44.5 Å². The number of nitrogens with zero attached hydrogens (tertiary/aromatic N) is 5. The number of fused-ring (bicyclic) bond motifs is 1. The number of aryl methyl sites for hydroxylation is 2. The molecular weight excluding hydrogens is 464 g/mol. The Morgan fingerprint density at radius 3 is 2.56 bits per heavy atom. The molecule has 34 heavy (non-hydrogen) atoms.